The molecule has 20 heavy (non-hydrogen) atoms. The van der Waals surface area contributed by atoms with Crippen LogP contribution in [0, 0.1) is 5.41 Å². The zero-order valence-corrected chi connectivity index (χ0v) is 12.1. The second kappa shape index (κ2) is 7.05. The molecule has 0 radical (unpaired) electrons. The van der Waals surface area contributed by atoms with Gasteiger partial charge in [-0.25, -0.2) is 0 Å². The van der Waals surface area contributed by atoms with E-state index in [1.807, 2.05) is 51.1 Å². The summed E-state index contributed by atoms with van der Waals surface area (Å²) in [6, 6.07) is 8.69. The Kier molecular flexibility index (Phi) is 5.70. The number of rotatable bonds is 6. The van der Waals surface area contributed by atoms with E-state index >= 15 is 0 Å². The van der Waals surface area contributed by atoms with Gasteiger partial charge in [0.2, 0.25) is 0 Å². The highest BCUT2D eigenvalue weighted by Crippen LogP contribution is 2.20. The third-order valence-corrected chi connectivity index (χ3v) is 2.78. The largest absolute Gasteiger partial charge is 0.480 e. The van der Waals surface area contributed by atoms with E-state index in [9.17, 15) is 9.59 Å². The minimum atomic E-state index is -1.00. The third-order valence-electron chi connectivity index (χ3n) is 2.78. The predicted molar refractivity (Wildman–Crippen MR) is 75.1 cm³/mol. The van der Waals surface area contributed by atoms with Crippen LogP contribution < -0.4 is 5.32 Å². The van der Waals surface area contributed by atoms with Crippen LogP contribution in [-0.4, -0.2) is 29.6 Å². The number of carbonyl (C=O) groups excluding carboxylic acids is 1. The Balaban J connectivity index is 2.61. The van der Waals surface area contributed by atoms with Gasteiger partial charge in [0, 0.05) is 0 Å². The molecule has 1 rings (SSSR count). The Morgan fingerprint density at radius 3 is 2.35 bits per heavy atom. The molecular formula is C15H21NO4. The maximum atomic E-state index is 12.1. The Hall–Kier alpha value is -1.88. The lowest BCUT2D eigenvalue weighted by atomic mass is 9.86. The molecule has 5 nitrogen and oxygen atoms in total. The highest BCUT2D eigenvalue weighted by Gasteiger charge is 2.32. The lowest BCUT2D eigenvalue weighted by molar-refractivity contribution is -0.150. The molecule has 0 saturated carbocycles. The summed E-state index contributed by atoms with van der Waals surface area (Å²) in [5, 5.41) is 11.4. The molecule has 0 aliphatic rings. The van der Waals surface area contributed by atoms with E-state index in [1.165, 1.54) is 0 Å². The number of hydrogen-bond donors (Lipinski definition) is 2. The molecule has 0 aliphatic carbocycles. The summed E-state index contributed by atoms with van der Waals surface area (Å²) in [6.07, 6.45) is 0. The second-order valence-corrected chi connectivity index (χ2v) is 5.67. The lowest BCUT2D eigenvalue weighted by Crippen LogP contribution is -2.49. The summed E-state index contributed by atoms with van der Waals surface area (Å²) in [7, 11) is 0. The van der Waals surface area contributed by atoms with Gasteiger partial charge in [0.15, 0.2) is 0 Å². The number of nitrogens with one attached hydrogen (secondary N) is 1. The van der Waals surface area contributed by atoms with Gasteiger partial charge in [0.05, 0.1) is 6.54 Å². The fourth-order valence-corrected chi connectivity index (χ4v) is 1.74. The third kappa shape index (κ3) is 5.40. The average molecular weight is 279 g/mol. The van der Waals surface area contributed by atoms with Crippen molar-refractivity contribution in [2.75, 3.05) is 6.54 Å². The van der Waals surface area contributed by atoms with Gasteiger partial charge in [-0.15, -0.1) is 0 Å². The normalized spacial score (nSPS) is 12.8. The van der Waals surface area contributed by atoms with Gasteiger partial charge in [-0.1, -0.05) is 51.1 Å². The zero-order chi connectivity index (χ0) is 15.2. The molecular weight excluding hydrogens is 258 g/mol. The molecule has 1 atom stereocenters. The van der Waals surface area contributed by atoms with E-state index in [0.717, 1.165) is 5.56 Å². The van der Waals surface area contributed by atoms with Crippen LogP contribution in [-0.2, 0) is 20.9 Å². The number of benzene rings is 1. The number of carboxylic acids is 1. The smallest absolute Gasteiger partial charge is 0.324 e. The SMILES string of the molecule is CC(C)(C)C(NCC(=O)O)C(=O)OCc1ccccc1. The topological polar surface area (TPSA) is 75.6 Å². The summed E-state index contributed by atoms with van der Waals surface area (Å²) in [5.41, 5.74) is 0.468. The van der Waals surface area contributed by atoms with Crippen molar-refractivity contribution < 1.29 is 19.4 Å². The van der Waals surface area contributed by atoms with Gasteiger partial charge < -0.3 is 9.84 Å². The number of carboxylic acid groups (broad SMARTS) is 1. The number of ether oxygens (including phenoxy) is 1. The van der Waals surface area contributed by atoms with E-state index in [0.29, 0.717) is 0 Å². The molecule has 2 N–H and O–H groups in total. The standard InChI is InChI=1S/C15H21NO4/c1-15(2,3)13(16-9-12(17)18)14(19)20-10-11-7-5-4-6-8-11/h4-8,13,16H,9-10H2,1-3H3,(H,17,18). The van der Waals surface area contributed by atoms with Crippen molar-refractivity contribution in [3.05, 3.63) is 35.9 Å². The van der Waals surface area contributed by atoms with E-state index in [2.05, 4.69) is 5.32 Å². The quantitative estimate of drug-likeness (QED) is 0.777. The van der Waals surface area contributed by atoms with Crippen molar-refractivity contribution in [3.8, 4) is 0 Å². The summed E-state index contributed by atoms with van der Waals surface area (Å²) in [6.45, 7) is 5.48. The summed E-state index contributed by atoms with van der Waals surface area (Å²) >= 11 is 0. The highest BCUT2D eigenvalue weighted by atomic mass is 16.5. The van der Waals surface area contributed by atoms with Crippen LogP contribution in [0.4, 0.5) is 0 Å². The number of esters is 1. The van der Waals surface area contributed by atoms with Crippen LogP contribution in [0.2, 0.25) is 0 Å². The monoisotopic (exact) mass is 279 g/mol. The van der Waals surface area contributed by atoms with Crippen molar-refractivity contribution >= 4 is 11.9 Å². The maximum absolute atomic E-state index is 12.1. The van der Waals surface area contributed by atoms with E-state index in [1.54, 1.807) is 0 Å². The first-order valence-corrected chi connectivity index (χ1v) is 6.46. The predicted octanol–water partition coefficient (Wildman–Crippen LogP) is 1.82. The first kappa shape index (κ1) is 16.2. The van der Waals surface area contributed by atoms with Crippen LogP contribution in [0.25, 0.3) is 0 Å². The molecule has 0 heterocycles. The molecule has 110 valence electrons. The van der Waals surface area contributed by atoms with E-state index in [-0.39, 0.29) is 13.2 Å². The molecule has 0 aliphatic heterocycles. The van der Waals surface area contributed by atoms with Crippen LogP contribution >= 0.6 is 0 Å². The van der Waals surface area contributed by atoms with Gasteiger partial charge in [0.1, 0.15) is 12.6 Å². The molecule has 0 amide bonds. The summed E-state index contributed by atoms with van der Waals surface area (Å²) in [4.78, 5) is 22.7. The summed E-state index contributed by atoms with van der Waals surface area (Å²) < 4.78 is 5.25. The molecule has 0 fully saturated rings. The summed E-state index contributed by atoms with van der Waals surface area (Å²) in [5.74, 6) is -1.45. The highest BCUT2D eigenvalue weighted by molar-refractivity contribution is 5.78. The average Bonchev–Trinajstić information content (AvgIpc) is 2.35. The number of hydrogen-bond acceptors (Lipinski definition) is 4. The van der Waals surface area contributed by atoms with Crippen LogP contribution in [0.3, 0.4) is 0 Å². The minimum absolute atomic E-state index is 0.182. The minimum Gasteiger partial charge on any atom is -0.480 e. The Morgan fingerprint density at radius 2 is 1.85 bits per heavy atom. The van der Waals surface area contributed by atoms with Crippen LogP contribution in [0.1, 0.15) is 26.3 Å². The molecule has 1 aromatic carbocycles. The molecule has 1 unspecified atom stereocenters. The Morgan fingerprint density at radius 1 is 1.25 bits per heavy atom. The van der Waals surface area contributed by atoms with Crippen molar-refractivity contribution in [2.45, 2.75) is 33.4 Å². The molecule has 5 heteroatoms. The first-order valence-electron chi connectivity index (χ1n) is 6.46. The zero-order valence-electron chi connectivity index (χ0n) is 12.1. The Labute approximate surface area is 118 Å². The van der Waals surface area contributed by atoms with Gasteiger partial charge in [-0.05, 0) is 11.0 Å². The molecule has 0 bridgehead atoms. The van der Waals surface area contributed by atoms with Crippen LogP contribution in [0.5, 0.6) is 0 Å². The van der Waals surface area contributed by atoms with Crippen molar-refractivity contribution in [1.82, 2.24) is 5.32 Å². The maximum Gasteiger partial charge on any atom is 0.324 e. The van der Waals surface area contributed by atoms with Gasteiger partial charge in [-0.3, -0.25) is 14.9 Å². The number of aliphatic carboxylic acids is 1. The van der Waals surface area contributed by atoms with Crippen molar-refractivity contribution in [2.24, 2.45) is 5.41 Å². The van der Waals surface area contributed by atoms with E-state index < -0.39 is 23.4 Å². The van der Waals surface area contributed by atoms with Crippen molar-refractivity contribution in [3.63, 3.8) is 0 Å². The molecule has 0 aromatic heterocycles. The van der Waals surface area contributed by atoms with Gasteiger partial charge in [-0.2, -0.15) is 0 Å². The molecule has 0 spiro atoms. The van der Waals surface area contributed by atoms with Gasteiger partial charge >= 0.3 is 11.9 Å². The fourth-order valence-electron chi connectivity index (χ4n) is 1.74. The number of carbonyl (C=O) groups is 2. The fraction of sp³-hybridized carbons (Fsp3) is 0.467. The van der Waals surface area contributed by atoms with Crippen molar-refractivity contribution in [1.29, 1.82) is 0 Å². The van der Waals surface area contributed by atoms with Crippen LogP contribution in [0.15, 0.2) is 30.3 Å². The molecule has 1 aromatic rings. The van der Waals surface area contributed by atoms with Gasteiger partial charge in [0.25, 0.3) is 0 Å². The second-order valence-electron chi connectivity index (χ2n) is 5.67. The lowest BCUT2D eigenvalue weighted by Gasteiger charge is -2.29. The van der Waals surface area contributed by atoms with E-state index in [4.69, 9.17) is 9.84 Å². The first-order chi connectivity index (χ1) is 9.30. The molecule has 0 saturated heterocycles. The Bertz CT molecular complexity index is 451.